The quantitative estimate of drug-likeness (QED) is 0.925. The number of ether oxygens (including phenoxy) is 1. The third kappa shape index (κ3) is 3.20. The van der Waals surface area contributed by atoms with Crippen molar-refractivity contribution < 1.29 is 13.2 Å². The highest BCUT2D eigenvalue weighted by molar-refractivity contribution is 7.92. The van der Waals surface area contributed by atoms with E-state index in [0.29, 0.717) is 10.8 Å². The van der Waals surface area contributed by atoms with Crippen molar-refractivity contribution in [3.8, 4) is 5.75 Å². The highest BCUT2D eigenvalue weighted by Crippen LogP contribution is 2.38. The molecule has 1 heterocycles. The third-order valence-electron chi connectivity index (χ3n) is 4.43. The van der Waals surface area contributed by atoms with E-state index < -0.39 is 9.84 Å². The van der Waals surface area contributed by atoms with Gasteiger partial charge in [0.15, 0.2) is 9.84 Å². The van der Waals surface area contributed by atoms with Crippen LogP contribution in [0.4, 0.5) is 0 Å². The molecule has 4 nitrogen and oxygen atoms in total. The molecule has 0 atom stereocenters. The molecule has 2 N–H and O–H groups in total. The van der Waals surface area contributed by atoms with E-state index in [4.69, 9.17) is 22.1 Å². The Labute approximate surface area is 130 Å². The number of benzene rings is 1. The molecule has 3 rings (SSSR count). The number of hydrogen-bond donors (Lipinski definition) is 1. The molecule has 6 heteroatoms. The Hall–Kier alpha value is -0.780. The second-order valence-electron chi connectivity index (χ2n) is 6.18. The molecule has 1 aromatic rings. The Morgan fingerprint density at radius 3 is 2.43 bits per heavy atom. The second-order valence-corrected chi connectivity index (χ2v) is 8.74. The summed E-state index contributed by atoms with van der Waals surface area (Å²) in [5, 5.41) is 0.507. The second kappa shape index (κ2) is 5.45. The van der Waals surface area contributed by atoms with Crippen LogP contribution in [0.5, 0.6) is 5.75 Å². The molecule has 1 saturated heterocycles. The van der Waals surface area contributed by atoms with Crippen molar-refractivity contribution in [3.05, 3.63) is 28.8 Å². The molecule has 2 fully saturated rings. The van der Waals surface area contributed by atoms with E-state index in [2.05, 4.69) is 0 Å². The van der Waals surface area contributed by atoms with Crippen molar-refractivity contribution in [2.24, 2.45) is 5.73 Å². The van der Waals surface area contributed by atoms with E-state index >= 15 is 0 Å². The molecule has 0 amide bonds. The maximum atomic E-state index is 11.1. The molecule has 0 radical (unpaired) electrons. The van der Waals surface area contributed by atoms with Gasteiger partial charge >= 0.3 is 0 Å². The summed E-state index contributed by atoms with van der Waals surface area (Å²) < 4.78 is 27.9. The highest BCUT2D eigenvalue weighted by Gasteiger charge is 2.36. The standard InChI is InChI=1S/C15H20ClNO3S/c16-13-8-11(15(17)6-2-1-3-7-15)4-5-14(13)20-12-9-21(18,19)10-12/h4-5,8,12H,1-3,6-7,9-10,17H2. The first-order chi connectivity index (χ1) is 9.88. The van der Waals surface area contributed by atoms with Gasteiger partial charge < -0.3 is 10.5 Å². The van der Waals surface area contributed by atoms with Crippen LogP contribution in [-0.2, 0) is 15.4 Å². The lowest BCUT2D eigenvalue weighted by atomic mass is 9.77. The van der Waals surface area contributed by atoms with Gasteiger partial charge in [-0.3, -0.25) is 0 Å². The maximum absolute atomic E-state index is 11.1. The van der Waals surface area contributed by atoms with Gasteiger partial charge in [0.25, 0.3) is 0 Å². The van der Waals surface area contributed by atoms with Crippen LogP contribution in [0.2, 0.25) is 5.02 Å². The summed E-state index contributed by atoms with van der Waals surface area (Å²) in [6.07, 6.45) is 5.21. The summed E-state index contributed by atoms with van der Waals surface area (Å²) in [4.78, 5) is 0. The molecule has 0 aromatic heterocycles. The van der Waals surface area contributed by atoms with Crippen molar-refractivity contribution in [2.75, 3.05) is 11.5 Å². The fourth-order valence-corrected chi connectivity index (χ4v) is 4.54. The summed E-state index contributed by atoms with van der Waals surface area (Å²) >= 11 is 6.28. The van der Waals surface area contributed by atoms with Gasteiger partial charge in [-0.1, -0.05) is 36.9 Å². The highest BCUT2D eigenvalue weighted by atomic mass is 35.5. The molecule has 1 aliphatic carbocycles. The van der Waals surface area contributed by atoms with Gasteiger partial charge in [0, 0.05) is 5.54 Å². The minimum atomic E-state index is -2.89. The zero-order chi connectivity index (χ0) is 15.1. The summed E-state index contributed by atoms with van der Waals surface area (Å²) in [5.74, 6) is 0.692. The van der Waals surface area contributed by atoms with E-state index in [-0.39, 0.29) is 23.1 Å². The summed E-state index contributed by atoms with van der Waals surface area (Å²) in [6, 6.07) is 5.64. The van der Waals surface area contributed by atoms with Crippen LogP contribution in [0.1, 0.15) is 37.7 Å². The van der Waals surface area contributed by atoms with E-state index in [1.165, 1.54) is 6.42 Å². The van der Waals surface area contributed by atoms with Crippen LogP contribution < -0.4 is 10.5 Å². The van der Waals surface area contributed by atoms with Crippen LogP contribution in [0.15, 0.2) is 18.2 Å². The van der Waals surface area contributed by atoms with E-state index in [1.807, 2.05) is 18.2 Å². The van der Waals surface area contributed by atoms with Crippen LogP contribution in [0.25, 0.3) is 0 Å². The average Bonchev–Trinajstić information content (AvgIpc) is 2.39. The Morgan fingerprint density at radius 1 is 1.19 bits per heavy atom. The maximum Gasteiger partial charge on any atom is 0.157 e. The van der Waals surface area contributed by atoms with Gasteiger partial charge in [0.2, 0.25) is 0 Å². The Kier molecular flexibility index (Phi) is 3.93. The minimum Gasteiger partial charge on any atom is -0.487 e. The van der Waals surface area contributed by atoms with Gasteiger partial charge in [-0.15, -0.1) is 0 Å². The predicted molar refractivity (Wildman–Crippen MR) is 83.5 cm³/mol. The van der Waals surface area contributed by atoms with Crippen molar-refractivity contribution in [1.29, 1.82) is 0 Å². The lowest BCUT2D eigenvalue weighted by Crippen LogP contribution is -2.45. The largest absolute Gasteiger partial charge is 0.487 e. The SMILES string of the molecule is NC1(c2ccc(OC3CS(=O)(=O)C3)c(Cl)c2)CCCCC1. The molecule has 116 valence electrons. The monoisotopic (exact) mass is 329 g/mol. The molecular weight excluding hydrogens is 310 g/mol. The minimum absolute atomic E-state index is 0.0753. The van der Waals surface area contributed by atoms with Gasteiger partial charge in [-0.25, -0.2) is 8.42 Å². The average molecular weight is 330 g/mol. The normalized spacial score (nSPS) is 24.3. The molecule has 0 spiro atoms. The molecule has 1 aromatic carbocycles. The van der Waals surface area contributed by atoms with Crippen LogP contribution in [-0.4, -0.2) is 26.0 Å². The summed E-state index contributed by atoms with van der Waals surface area (Å²) in [5.41, 5.74) is 7.25. The Bertz CT molecular complexity index is 626. The summed E-state index contributed by atoms with van der Waals surface area (Å²) in [6.45, 7) is 0. The fourth-order valence-electron chi connectivity index (χ4n) is 3.14. The van der Waals surface area contributed by atoms with Crippen LogP contribution in [0, 0.1) is 0 Å². The molecular formula is C15H20ClNO3S. The number of nitrogens with two attached hydrogens (primary N) is 1. The zero-order valence-corrected chi connectivity index (χ0v) is 13.4. The first kappa shape index (κ1) is 15.1. The molecule has 0 bridgehead atoms. The van der Waals surface area contributed by atoms with Crippen LogP contribution >= 0.6 is 11.6 Å². The number of hydrogen-bond acceptors (Lipinski definition) is 4. The van der Waals surface area contributed by atoms with E-state index in [1.54, 1.807) is 0 Å². The van der Waals surface area contributed by atoms with Gasteiger partial charge in [0.05, 0.1) is 16.5 Å². The van der Waals surface area contributed by atoms with E-state index in [0.717, 1.165) is 31.2 Å². The van der Waals surface area contributed by atoms with E-state index in [9.17, 15) is 8.42 Å². The van der Waals surface area contributed by atoms with Crippen LogP contribution in [0.3, 0.4) is 0 Å². The predicted octanol–water partition coefficient (Wildman–Crippen LogP) is 2.63. The Balaban J connectivity index is 1.74. The van der Waals surface area contributed by atoms with Gasteiger partial charge in [0.1, 0.15) is 11.9 Å². The zero-order valence-electron chi connectivity index (χ0n) is 11.8. The lowest BCUT2D eigenvalue weighted by molar-refractivity contribution is 0.230. The number of sulfone groups is 1. The van der Waals surface area contributed by atoms with Crippen molar-refractivity contribution in [1.82, 2.24) is 0 Å². The molecule has 1 aliphatic heterocycles. The van der Waals surface area contributed by atoms with Crippen molar-refractivity contribution >= 4 is 21.4 Å². The number of halogens is 1. The summed E-state index contributed by atoms with van der Waals surface area (Å²) in [7, 11) is -2.89. The topological polar surface area (TPSA) is 69.4 Å². The van der Waals surface area contributed by atoms with Gasteiger partial charge in [-0.2, -0.15) is 0 Å². The number of rotatable bonds is 3. The third-order valence-corrected chi connectivity index (χ3v) is 6.48. The van der Waals surface area contributed by atoms with Gasteiger partial charge in [-0.05, 0) is 30.5 Å². The molecule has 0 unspecified atom stereocenters. The molecule has 1 saturated carbocycles. The molecule has 21 heavy (non-hydrogen) atoms. The first-order valence-corrected chi connectivity index (χ1v) is 9.54. The lowest BCUT2D eigenvalue weighted by Gasteiger charge is -2.34. The van der Waals surface area contributed by atoms with Crippen molar-refractivity contribution in [3.63, 3.8) is 0 Å². The molecule has 2 aliphatic rings. The van der Waals surface area contributed by atoms with Crippen molar-refractivity contribution in [2.45, 2.75) is 43.7 Å². The fraction of sp³-hybridized carbons (Fsp3) is 0.600. The smallest absolute Gasteiger partial charge is 0.157 e. The Morgan fingerprint density at radius 2 is 1.86 bits per heavy atom. The first-order valence-electron chi connectivity index (χ1n) is 7.34.